The van der Waals surface area contributed by atoms with Crippen molar-refractivity contribution in [1.82, 2.24) is 9.88 Å². The predicted molar refractivity (Wildman–Crippen MR) is 76.4 cm³/mol. The highest BCUT2D eigenvalue weighted by atomic mass is 32.1. The van der Waals surface area contributed by atoms with Crippen LogP contribution in [0.2, 0.25) is 0 Å². The van der Waals surface area contributed by atoms with Gasteiger partial charge in [-0.25, -0.2) is 4.98 Å². The summed E-state index contributed by atoms with van der Waals surface area (Å²) in [6, 6.07) is 2.93. The van der Waals surface area contributed by atoms with Crippen LogP contribution in [0, 0.1) is 0 Å². The minimum Gasteiger partial charge on any atom is -0.350 e. The molecule has 0 radical (unpaired) electrons. The van der Waals surface area contributed by atoms with E-state index >= 15 is 0 Å². The number of amides is 1. The summed E-state index contributed by atoms with van der Waals surface area (Å²) in [6.45, 7) is 1.68. The van der Waals surface area contributed by atoms with Gasteiger partial charge in [-0.1, -0.05) is 11.3 Å². The molecule has 4 nitrogen and oxygen atoms in total. The molecule has 114 valence electrons. The zero-order chi connectivity index (χ0) is 15.8. The van der Waals surface area contributed by atoms with Gasteiger partial charge in [-0.15, -0.1) is 0 Å². The highest BCUT2D eigenvalue weighted by Gasteiger charge is 2.30. The predicted octanol–water partition coefficient (Wildman–Crippen LogP) is 3.20. The molecule has 0 aliphatic rings. The molecule has 1 atom stereocenters. The summed E-state index contributed by atoms with van der Waals surface area (Å²) < 4.78 is 38.5. The van der Waals surface area contributed by atoms with E-state index in [4.69, 9.17) is 0 Å². The van der Waals surface area contributed by atoms with E-state index in [1.54, 1.807) is 21.0 Å². The maximum atomic E-state index is 12.6. The lowest BCUT2D eigenvalue weighted by molar-refractivity contribution is -0.137. The highest BCUT2D eigenvalue weighted by Crippen LogP contribution is 2.34. The molecule has 1 aromatic heterocycles. The van der Waals surface area contributed by atoms with Crippen molar-refractivity contribution in [2.45, 2.75) is 19.1 Å². The van der Waals surface area contributed by atoms with Gasteiger partial charge in [0.2, 0.25) is 5.91 Å². The van der Waals surface area contributed by atoms with Crippen LogP contribution in [0.4, 0.5) is 18.3 Å². The molecular formula is C13H14F3N3OS. The third-order valence-electron chi connectivity index (χ3n) is 2.87. The van der Waals surface area contributed by atoms with E-state index in [2.05, 4.69) is 10.3 Å². The number of aromatic nitrogens is 1. The van der Waals surface area contributed by atoms with E-state index in [1.165, 1.54) is 22.3 Å². The molecule has 0 aliphatic heterocycles. The van der Waals surface area contributed by atoms with Crippen molar-refractivity contribution in [2.75, 3.05) is 19.4 Å². The molecule has 1 heterocycles. The minimum atomic E-state index is -4.39. The first-order valence-corrected chi connectivity index (χ1v) is 6.95. The van der Waals surface area contributed by atoms with Crippen molar-refractivity contribution in [2.24, 2.45) is 0 Å². The van der Waals surface area contributed by atoms with Gasteiger partial charge in [-0.2, -0.15) is 13.2 Å². The van der Waals surface area contributed by atoms with Gasteiger partial charge >= 0.3 is 6.18 Å². The Morgan fingerprint density at radius 3 is 2.62 bits per heavy atom. The van der Waals surface area contributed by atoms with Crippen molar-refractivity contribution >= 4 is 32.6 Å². The van der Waals surface area contributed by atoms with Gasteiger partial charge in [0.1, 0.15) is 6.04 Å². The number of likely N-dealkylation sites (N-methyl/N-ethyl adjacent to an activating group) is 1. The van der Waals surface area contributed by atoms with Crippen LogP contribution in [-0.2, 0) is 11.0 Å². The molecule has 8 heteroatoms. The molecule has 0 unspecified atom stereocenters. The second-order valence-electron chi connectivity index (χ2n) is 4.80. The van der Waals surface area contributed by atoms with Gasteiger partial charge in [0.05, 0.1) is 15.8 Å². The van der Waals surface area contributed by atoms with Gasteiger partial charge < -0.3 is 10.2 Å². The van der Waals surface area contributed by atoms with Crippen LogP contribution in [0.15, 0.2) is 18.2 Å². The van der Waals surface area contributed by atoms with Gasteiger partial charge in [-0.05, 0) is 25.1 Å². The number of carbonyl (C=O) groups is 1. The molecule has 2 rings (SSSR count). The summed E-state index contributed by atoms with van der Waals surface area (Å²) in [5, 5.41) is 3.33. The maximum absolute atomic E-state index is 12.6. The van der Waals surface area contributed by atoms with Gasteiger partial charge in [0.15, 0.2) is 5.13 Å². The summed E-state index contributed by atoms with van der Waals surface area (Å²) in [7, 11) is 3.27. The number of alkyl halides is 3. The van der Waals surface area contributed by atoms with E-state index in [1.807, 2.05) is 0 Å². The van der Waals surface area contributed by atoms with Crippen LogP contribution in [0.25, 0.3) is 10.2 Å². The van der Waals surface area contributed by atoms with Crippen LogP contribution >= 0.6 is 11.3 Å². The Morgan fingerprint density at radius 2 is 2.05 bits per heavy atom. The molecular weight excluding hydrogens is 303 g/mol. The number of halogens is 3. The lowest BCUT2D eigenvalue weighted by Gasteiger charge is -2.17. The average Bonchev–Trinajstić information content (AvgIpc) is 2.77. The van der Waals surface area contributed by atoms with Crippen LogP contribution in [0.3, 0.4) is 0 Å². The van der Waals surface area contributed by atoms with Crippen LogP contribution in [0.5, 0.6) is 0 Å². The first-order chi connectivity index (χ1) is 9.68. The number of benzene rings is 1. The third kappa shape index (κ3) is 3.44. The molecule has 2 aromatic rings. The first-order valence-electron chi connectivity index (χ1n) is 6.14. The maximum Gasteiger partial charge on any atom is 0.416 e. The lowest BCUT2D eigenvalue weighted by atomic mass is 10.2. The molecule has 0 bridgehead atoms. The standard InChI is InChI=1S/C13H14F3N3OS/c1-7(11(20)19(2)3)17-12-18-9-6-8(13(14,15)16)4-5-10(9)21-12/h4-7H,1-3H3,(H,17,18)/t7-/m0/s1. The second-order valence-corrected chi connectivity index (χ2v) is 5.83. The molecule has 0 spiro atoms. The molecule has 0 saturated carbocycles. The zero-order valence-electron chi connectivity index (χ0n) is 11.7. The van der Waals surface area contributed by atoms with Gasteiger partial charge in [0.25, 0.3) is 0 Å². The zero-order valence-corrected chi connectivity index (χ0v) is 12.5. The van der Waals surface area contributed by atoms with E-state index in [0.29, 0.717) is 9.83 Å². The van der Waals surface area contributed by atoms with E-state index < -0.39 is 17.8 Å². The van der Waals surface area contributed by atoms with Crippen molar-refractivity contribution < 1.29 is 18.0 Å². The van der Waals surface area contributed by atoms with E-state index in [0.717, 1.165) is 12.1 Å². The quantitative estimate of drug-likeness (QED) is 0.945. The summed E-state index contributed by atoms with van der Waals surface area (Å²) >= 11 is 1.21. The van der Waals surface area contributed by atoms with Crippen molar-refractivity contribution in [3.63, 3.8) is 0 Å². The Morgan fingerprint density at radius 1 is 1.38 bits per heavy atom. The fourth-order valence-electron chi connectivity index (χ4n) is 1.80. The van der Waals surface area contributed by atoms with Crippen molar-refractivity contribution in [3.05, 3.63) is 23.8 Å². The Labute approximate surface area is 123 Å². The molecule has 0 fully saturated rings. The molecule has 1 N–H and O–H groups in total. The number of hydrogen-bond acceptors (Lipinski definition) is 4. The summed E-state index contributed by atoms with van der Waals surface area (Å²) in [5.74, 6) is -0.134. The minimum absolute atomic E-state index is 0.134. The van der Waals surface area contributed by atoms with Crippen molar-refractivity contribution in [3.8, 4) is 0 Å². The van der Waals surface area contributed by atoms with Gasteiger partial charge in [-0.3, -0.25) is 4.79 Å². The second kappa shape index (κ2) is 5.51. The Balaban J connectivity index is 2.25. The monoisotopic (exact) mass is 317 g/mol. The highest BCUT2D eigenvalue weighted by molar-refractivity contribution is 7.22. The van der Waals surface area contributed by atoms with E-state index in [-0.39, 0.29) is 11.4 Å². The molecule has 21 heavy (non-hydrogen) atoms. The number of carbonyl (C=O) groups excluding carboxylic acids is 1. The molecule has 1 aromatic carbocycles. The van der Waals surface area contributed by atoms with Gasteiger partial charge in [0, 0.05) is 14.1 Å². The number of thiazole rings is 1. The SMILES string of the molecule is C[C@H](Nc1nc2cc(C(F)(F)F)ccc2s1)C(=O)N(C)C. The van der Waals surface area contributed by atoms with E-state index in [9.17, 15) is 18.0 Å². The van der Waals surface area contributed by atoms with Crippen LogP contribution < -0.4 is 5.32 Å². The lowest BCUT2D eigenvalue weighted by Crippen LogP contribution is -2.36. The van der Waals surface area contributed by atoms with Crippen LogP contribution in [0.1, 0.15) is 12.5 Å². The smallest absolute Gasteiger partial charge is 0.350 e. The summed E-state index contributed by atoms with van der Waals surface area (Å²) in [5.41, 5.74) is -0.467. The van der Waals surface area contributed by atoms with Crippen molar-refractivity contribution in [1.29, 1.82) is 0 Å². The third-order valence-corrected chi connectivity index (χ3v) is 3.83. The Hall–Kier alpha value is -1.83. The number of anilines is 1. The molecule has 0 aliphatic carbocycles. The summed E-state index contributed by atoms with van der Waals surface area (Å²) in [6.07, 6.45) is -4.39. The summed E-state index contributed by atoms with van der Waals surface area (Å²) in [4.78, 5) is 17.3. The van der Waals surface area contributed by atoms with Crippen LogP contribution in [-0.4, -0.2) is 35.9 Å². The Bertz CT molecular complexity index is 666. The number of hydrogen-bond donors (Lipinski definition) is 1. The Kier molecular flexibility index (Phi) is 4.08. The number of rotatable bonds is 3. The fraction of sp³-hybridized carbons (Fsp3) is 0.385. The topological polar surface area (TPSA) is 45.2 Å². The number of fused-ring (bicyclic) bond motifs is 1. The fourth-order valence-corrected chi connectivity index (χ4v) is 2.73. The molecule has 1 amide bonds. The number of nitrogens with one attached hydrogen (secondary N) is 1. The number of nitrogens with zero attached hydrogens (tertiary/aromatic N) is 2. The largest absolute Gasteiger partial charge is 0.416 e. The molecule has 0 saturated heterocycles. The average molecular weight is 317 g/mol. The normalized spacial score (nSPS) is 13.2. The first kappa shape index (κ1) is 15.6.